The van der Waals surface area contributed by atoms with E-state index in [0.29, 0.717) is 13.0 Å². The predicted molar refractivity (Wildman–Crippen MR) is 58.1 cm³/mol. The predicted octanol–water partition coefficient (Wildman–Crippen LogP) is 2.78. The first-order valence-electron chi connectivity index (χ1n) is 5.68. The van der Waals surface area contributed by atoms with Crippen molar-refractivity contribution in [1.29, 1.82) is 5.26 Å². The maximum absolute atomic E-state index is 8.32. The number of ether oxygens (including phenoxy) is 2. The van der Waals surface area contributed by atoms with Gasteiger partial charge in [0.1, 0.15) is 0 Å². The summed E-state index contributed by atoms with van der Waals surface area (Å²) >= 11 is 0. The van der Waals surface area contributed by atoms with Crippen LogP contribution >= 0.6 is 0 Å². The lowest BCUT2D eigenvalue weighted by molar-refractivity contribution is -0.155. The average molecular weight is 209 g/mol. The Bertz CT molecular complexity index is 214. The molecule has 0 amide bonds. The fraction of sp³-hybridized carbons (Fsp3) is 0.750. The van der Waals surface area contributed by atoms with Crippen molar-refractivity contribution in [3.05, 3.63) is 12.2 Å². The van der Waals surface area contributed by atoms with Gasteiger partial charge in [-0.1, -0.05) is 12.2 Å². The second-order valence-corrected chi connectivity index (χ2v) is 3.65. The first kappa shape index (κ1) is 12.2. The van der Waals surface area contributed by atoms with Gasteiger partial charge in [-0.15, -0.1) is 0 Å². The molecule has 0 aliphatic carbocycles. The summed E-state index contributed by atoms with van der Waals surface area (Å²) in [4.78, 5) is 0. The molecule has 0 unspecified atom stereocenters. The zero-order valence-electron chi connectivity index (χ0n) is 9.15. The van der Waals surface area contributed by atoms with E-state index in [4.69, 9.17) is 14.7 Å². The van der Waals surface area contributed by atoms with Gasteiger partial charge in [0.2, 0.25) is 0 Å². The van der Waals surface area contributed by atoms with Gasteiger partial charge in [-0.05, 0) is 32.1 Å². The number of hydrogen-bond acceptors (Lipinski definition) is 3. The molecule has 1 rings (SSSR count). The molecule has 15 heavy (non-hydrogen) atoms. The lowest BCUT2D eigenvalue weighted by Gasteiger charge is -2.21. The first-order chi connectivity index (χ1) is 7.43. The lowest BCUT2D eigenvalue weighted by atomic mass is 10.2. The molecule has 0 aromatic rings. The van der Waals surface area contributed by atoms with Crippen molar-refractivity contribution in [2.45, 2.75) is 44.8 Å². The van der Waals surface area contributed by atoms with E-state index < -0.39 is 0 Å². The minimum absolute atomic E-state index is 0.00232. The number of nitrogens with zero attached hydrogens (tertiary/aromatic N) is 1. The Kier molecular flexibility index (Phi) is 6.89. The molecule has 0 aromatic carbocycles. The third-order valence-corrected chi connectivity index (χ3v) is 2.34. The lowest BCUT2D eigenvalue weighted by Crippen LogP contribution is -2.22. The second-order valence-electron chi connectivity index (χ2n) is 3.65. The molecule has 1 atom stereocenters. The molecule has 0 saturated carbocycles. The maximum Gasteiger partial charge on any atom is 0.157 e. The highest BCUT2D eigenvalue weighted by Gasteiger charge is 2.12. The van der Waals surface area contributed by atoms with Gasteiger partial charge in [-0.3, -0.25) is 0 Å². The van der Waals surface area contributed by atoms with Crippen molar-refractivity contribution >= 4 is 0 Å². The van der Waals surface area contributed by atoms with Gasteiger partial charge in [0, 0.05) is 13.0 Å². The number of rotatable bonds is 6. The van der Waals surface area contributed by atoms with Gasteiger partial charge < -0.3 is 9.47 Å². The molecule has 84 valence electrons. The molecular formula is C12H19NO2. The molecule has 1 aliphatic rings. The summed E-state index contributed by atoms with van der Waals surface area (Å²) in [6, 6.07) is 2.13. The van der Waals surface area contributed by atoms with Crippen molar-refractivity contribution in [2.24, 2.45) is 0 Å². The van der Waals surface area contributed by atoms with Crippen LogP contribution in [0.5, 0.6) is 0 Å². The molecule has 1 heterocycles. The molecule has 1 fully saturated rings. The van der Waals surface area contributed by atoms with Crippen molar-refractivity contribution < 1.29 is 9.47 Å². The monoisotopic (exact) mass is 209 g/mol. The van der Waals surface area contributed by atoms with Crippen molar-refractivity contribution in [3.8, 4) is 6.07 Å². The van der Waals surface area contributed by atoms with Gasteiger partial charge in [0.05, 0.1) is 12.7 Å². The Labute approximate surface area is 91.7 Å². The maximum atomic E-state index is 8.32. The Hall–Kier alpha value is -0.850. The summed E-state index contributed by atoms with van der Waals surface area (Å²) < 4.78 is 10.9. The van der Waals surface area contributed by atoms with E-state index in [2.05, 4.69) is 12.1 Å². The quantitative estimate of drug-likeness (QED) is 0.499. The van der Waals surface area contributed by atoms with Crippen LogP contribution in [0, 0.1) is 11.3 Å². The molecule has 3 nitrogen and oxygen atoms in total. The molecule has 3 heteroatoms. The SMILES string of the molecule is N#CCCC/C=C\CO[C@H]1CCCCO1. The van der Waals surface area contributed by atoms with E-state index in [0.717, 1.165) is 32.3 Å². The number of hydrogen-bond donors (Lipinski definition) is 0. The van der Waals surface area contributed by atoms with Crippen LogP contribution in [-0.4, -0.2) is 19.5 Å². The van der Waals surface area contributed by atoms with Crippen LogP contribution in [0.3, 0.4) is 0 Å². The summed E-state index contributed by atoms with van der Waals surface area (Å²) in [7, 11) is 0. The topological polar surface area (TPSA) is 42.2 Å². The van der Waals surface area contributed by atoms with Crippen LogP contribution in [0.2, 0.25) is 0 Å². The Balaban J connectivity index is 1.93. The van der Waals surface area contributed by atoms with E-state index in [1.165, 1.54) is 6.42 Å². The third kappa shape index (κ3) is 6.27. The fourth-order valence-electron chi connectivity index (χ4n) is 1.49. The largest absolute Gasteiger partial charge is 0.353 e. The van der Waals surface area contributed by atoms with Crippen molar-refractivity contribution in [3.63, 3.8) is 0 Å². The summed E-state index contributed by atoms with van der Waals surface area (Å²) in [6.07, 6.45) is 9.99. The van der Waals surface area contributed by atoms with Crippen LogP contribution in [-0.2, 0) is 9.47 Å². The number of allylic oxidation sites excluding steroid dienone is 1. The zero-order chi connectivity index (χ0) is 10.8. The minimum Gasteiger partial charge on any atom is -0.353 e. The standard InChI is InChI=1S/C12H19NO2/c13-9-5-2-1-3-6-10-14-12-8-4-7-11-15-12/h3,6,12H,1-2,4-5,7-8,10-11H2/b6-3-/t12-/m1/s1. The summed E-state index contributed by atoms with van der Waals surface area (Å²) in [5, 5.41) is 8.32. The third-order valence-electron chi connectivity index (χ3n) is 2.34. The Morgan fingerprint density at radius 1 is 1.40 bits per heavy atom. The first-order valence-corrected chi connectivity index (χ1v) is 5.68. The highest BCUT2D eigenvalue weighted by molar-refractivity contribution is 4.83. The van der Waals surface area contributed by atoms with Crippen LogP contribution in [0.15, 0.2) is 12.2 Å². The molecule has 0 radical (unpaired) electrons. The Morgan fingerprint density at radius 2 is 2.33 bits per heavy atom. The van der Waals surface area contributed by atoms with Gasteiger partial charge >= 0.3 is 0 Å². The molecule has 0 spiro atoms. The van der Waals surface area contributed by atoms with Crippen LogP contribution in [0.1, 0.15) is 38.5 Å². The van der Waals surface area contributed by atoms with Gasteiger partial charge in [-0.25, -0.2) is 0 Å². The second kappa shape index (κ2) is 8.46. The summed E-state index contributed by atoms with van der Waals surface area (Å²) in [5.74, 6) is 0. The molecule has 0 bridgehead atoms. The zero-order valence-corrected chi connectivity index (χ0v) is 9.15. The van der Waals surface area contributed by atoms with Crippen molar-refractivity contribution in [1.82, 2.24) is 0 Å². The smallest absolute Gasteiger partial charge is 0.157 e. The average Bonchev–Trinajstić information content (AvgIpc) is 2.29. The fourth-order valence-corrected chi connectivity index (χ4v) is 1.49. The Morgan fingerprint density at radius 3 is 3.07 bits per heavy atom. The van der Waals surface area contributed by atoms with Gasteiger partial charge in [0.25, 0.3) is 0 Å². The molecule has 1 aliphatic heterocycles. The normalized spacial score (nSPS) is 21.7. The summed E-state index contributed by atoms with van der Waals surface area (Å²) in [5.41, 5.74) is 0. The van der Waals surface area contributed by atoms with E-state index in [9.17, 15) is 0 Å². The minimum atomic E-state index is 0.00232. The van der Waals surface area contributed by atoms with Crippen LogP contribution < -0.4 is 0 Å². The number of unbranched alkanes of at least 4 members (excludes halogenated alkanes) is 2. The molecular weight excluding hydrogens is 190 g/mol. The molecule has 1 saturated heterocycles. The van der Waals surface area contributed by atoms with E-state index in [-0.39, 0.29) is 6.29 Å². The number of nitriles is 1. The van der Waals surface area contributed by atoms with E-state index in [1.807, 2.05) is 6.08 Å². The molecule has 0 N–H and O–H groups in total. The van der Waals surface area contributed by atoms with Crippen LogP contribution in [0.4, 0.5) is 0 Å². The van der Waals surface area contributed by atoms with E-state index in [1.54, 1.807) is 0 Å². The van der Waals surface area contributed by atoms with Gasteiger partial charge in [-0.2, -0.15) is 5.26 Å². The highest BCUT2D eigenvalue weighted by atomic mass is 16.7. The summed E-state index contributed by atoms with van der Waals surface area (Å²) in [6.45, 7) is 1.45. The highest BCUT2D eigenvalue weighted by Crippen LogP contribution is 2.13. The van der Waals surface area contributed by atoms with Crippen molar-refractivity contribution in [2.75, 3.05) is 13.2 Å². The molecule has 0 aromatic heterocycles. The van der Waals surface area contributed by atoms with Crippen LogP contribution in [0.25, 0.3) is 0 Å². The van der Waals surface area contributed by atoms with E-state index >= 15 is 0 Å². The van der Waals surface area contributed by atoms with Gasteiger partial charge in [0.15, 0.2) is 6.29 Å².